The summed E-state index contributed by atoms with van der Waals surface area (Å²) < 4.78 is 1.08. The second-order valence-electron chi connectivity index (χ2n) is 5.41. The first-order chi connectivity index (χ1) is 10.1. The minimum absolute atomic E-state index is 0.0267. The van der Waals surface area contributed by atoms with Gasteiger partial charge >= 0.3 is 0 Å². The van der Waals surface area contributed by atoms with Crippen LogP contribution < -0.4 is 10.6 Å². The van der Waals surface area contributed by atoms with Crippen LogP contribution in [0.15, 0.2) is 53.0 Å². The summed E-state index contributed by atoms with van der Waals surface area (Å²) >= 11 is 3.44. The van der Waals surface area contributed by atoms with Crippen LogP contribution in [0.1, 0.15) is 24.1 Å². The highest BCUT2D eigenvalue weighted by Gasteiger charge is 2.30. The van der Waals surface area contributed by atoms with E-state index in [0.717, 1.165) is 22.1 Å². The quantitative estimate of drug-likeness (QED) is 0.888. The monoisotopic (exact) mass is 344 g/mol. The summed E-state index contributed by atoms with van der Waals surface area (Å²) in [6.45, 7) is 2.11. The van der Waals surface area contributed by atoms with E-state index in [1.807, 2.05) is 36.4 Å². The van der Waals surface area contributed by atoms with E-state index in [-0.39, 0.29) is 18.0 Å². The maximum absolute atomic E-state index is 12.1. The van der Waals surface area contributed by atoms with Crippen molar-refractivity contribution in [2.24, 2.45) is 0 Å². The van der Waals surface area contributed by atoms with Crippen LogP contribution >= 0.6 is 15.9 Å². The molecule has 0 aliphatic carbocycles. The highest BCUT2D eigenvalue weighted by Crippen LogP contribution is 2.30. The van der Waals surface area contributed by atoms with Crippen LogP contribution in [0.2, 0.25) is 0 Å². The summed E-state index contributed by atoms with van der Waals surface area (Å²) in [4.78, 5) is 12.1. The number of para-hydroxylation sites is 1. The van der Waals surface area contributed by atoms with E-state index in [0.29, 0.717) is 0 Å². The van der Waals surface area contributed by atoms with Gasteiger partial charge in [0.05, 0.1) is 0 Å². The molecule has 1 aliphatic rings. The number of amides is 1. The molecule has 3 rings (SSSR count). The summed E-state index contributed by atoms with van der Waals surface area (Å²) in [5, 5.41) is 6.34. The van der Waals surface area contributed by atoms with Gasteiger partial charge in [0.1, 0.15) is 6.04 Å². The van der Waals surface area contributed by atoms with E-state index >= 15 is 0 Å². The fourth-order valence-electron chi connectivity index (χ4n) is 2.69. The molecule has 0 aromatic heterocycles. The van der Waals surface area contributed by atoms with Crippen molar-refractivity contribution in [2.45, 2.75) is 25.4 Å². The molecule has 2 N–H and O–H groups in total. The average molecular weight is 345 g/mol. The summed E-state index contributed by atoms with van der Waals surface area (Å²) in [6.07, 6.45) is 0.888. The predicted molar refractivity (Wildman–Crippen MR) is 88.3 cm³/mol. The molecule has 0 fully saturated rings. The lowest BCUT2D eigenvalue weighted by Crippen LogP contribution is -2.35. The van der Waals surface area contributed by atoms with Crippen LogP contribution in [0.25, 0.3) is 0 Å². The lowest BCUT2D eigenvalue weighted by molar-refractivity contribution is -0.117. The summed E-state index contributed by atoms with van der Waals surface area (Å²) in [5.41, 5.74) is 3.20. The predicted octanol–water partition coefficient (Wildman–Crippen LogP) is 3.66. The van der Waals surface area contributed by atoms with E-state index in [9.17, 15) is 4.79 Å². The van der Waals surface area contributed by atoms with Crippen molar-refractivity contribution in [1.82, 2.24) is 5.32 Å². The number of fused-ring (bicyclic) bond motifs is 1. The van der Waals surface area contributed by atoms with Gasteiger partial charge in [0.15, 0.2) is 0 Å². The third kappa shape index (κ3) is 3.17. The zero-order chi connectivity index (χ0) is 14.8. The van der Waals surface area contributed by atoms with Crippen molar-refractivity contribution in [3.8, 4) is 0 Å². The van der Waals surface area contributed by atoms with Crippen LogP contribution in [-0.2, 0) is 11.2 Å². The first-order valence-electron chi connectivity index (χ1n) is 7.04. The Morgan fingerprint density at radius 3 is 2.67 bits per heavy atom. The number of benzene rings is 2. The van der Waals surface area contributed by atoms with E-state index < -0.39 is 0 Å². The van der Waals surface area contributed by atoms with Crippen LogP contribution in [0.4, 0.5) is 5.69 Å². The molecule has 0 bridgehead atoms. The number of halogens is 1. The topological polar surface area (TPSA) is 41.1 Å². The van der Waals surface area contributed by atoms with Crippen molar-refractivity contribution in [2.75, 3.05) is 5.32 Å². The zero-order valence-electron chi connectivity index (χ0n) is 11.8. The lowest BCUT2D eigenvalue weighted by Gasteiger charge is -2.18. The van der Waals surface area contributed by atoms with Gasteiger partial charge in [-0.2, -0.15) is 0 Å². The fourth-order valence-corrected chi connectivity index (χ4v) is 2.96. The lowest BCUT2D eigenvalue weighted by atomic mass is 10.0. The number of carbonyl (C=O) groups excluding carboxylic acids is 1. The van der Waals surface area contributed by atoms with Gasteiger partial charge in [0, 0.05) is 21.8 Å². The van der Waals surface area contributed by atoms with Crippen molar-refractivity contribution in [3.05, 3.63) is 64.1 Å². The van der Waals surface area contributed by atoms with E-state index in [1.54, 1.807) is 0 Å². The Kier molecular flexibility index (Phi) is 4.08. The standard InChI is InChI=1S/C17H17BrN2O/c1-11(10-12-6-8-13(18)9-7-12)19-16-14-4-2-3-5-15(14)20-17(16)21/h2-9,11,16,19H,10H2,1H3,(H,20,21). The molecule has 2 aromatic carbocycles. The number of hydrogen-bond acceptors (Lipinski definition) is 2. The third-order valence-corrected chi connectivity index (χ3v) is 4.23. The minimum Gasteiger partial charge on any atom is -0.324 e. The molecule has 0 saturated heterocycles. The highest BCUT2D eigenvalue weighted by atomic mass is 79.9. The Hall–Kier alpha value is -1.65. The minimum atomic E-state index is -0.258. The van der Waals surface area contributed by atoms with Gasteiger partial charge in [-0.3, -0.25) is 10.1 Å². The molecule has 1 aliphatic heterocycles. The summed E-state index contributed by atoms with van der Waals surface area (Å²) in [7, 11) is 0. The van der Waals surface area contributed by atoms with Crippen molar-refractivity contribution in [3.63, 3.8) is 0 Å². The molecular formula is C17H17BrN2O. The maximum atomic E-state index is 12.1. The first-order valence-corrected chi connectivity index (χ1v) is 7.83. The Labute approximate surface area is 132 Å². The zero-order valence-corrected chi connectivity index (χ0v) is 13.4. The smallest absolute Gasteiger partial charge is 0.246 e. The molecule has 2 atom stereocenters. The van der Waals surface area contributed by atoms with Crippen molar-refractivity contribution >= 4 is 27.5 Å². The molecule has 0 saturated carbocycles. The number of carbonyl (C=O) groups is 1. The van der Waals surface area contributed by atoms with Gasteiger partial charge in [-0.15, -0.1) is 0 Å². The highest BCUT2D eigenvalue weighted by molar-refractivity contribution is 9.10. The number of rotatable bonds is 4. The van der Waals surface area contributed by atoms with E-state index in [1.165, 1.54) is 5.56 Å². The Balaban J connectivity index is 1.69. The molecule has 3 nitrogen and oxygen atoms in total. The van der Waals surface area contributed by atoms with Crippen LogP contribution in [0.5, 0.6) is 0 Å². The third-order valence-electron chi connectivity index (χ3n) is 3.70. The Morgan fingerprint density at radius 1 is 1.19 bits per heavy atom. The normalized spacial score (nSPS) is 18.2. The molecule has 108 valence electrons. The molecule has 2 aromatic rings. The second kappa shape index (κ2) is 6.00. The van der Waals surface area contributed by atoms with Crippen molar-refractivity contribution in [1.29, 1.82) is 0 Å². The maximum Gasteiger partial charge on any atom is 0.246 e. The van der Waals surface area contributed by atoms with E-state index in [2.05, 4.69) is 45.6 Å². The van der Waals surface area contributed by atoms with Crippen LogP contribution in [0, 0.1) is 0 Å². The largest absolute Gasteiger partial charge is 0.324 e. The average Bonchev–Trinajstić information content (AvgIpc) is 2.78. The van der Waals surface area contributed by atoms with Gasteiger partial charge in [0.2, 0.25) is 5.91 Å². The molecule has 2 unspecified atom stereocenters. The molecule has 1 heterocycles. The first kappa shape index (κ1) is 14.3. The van der Waals surface area contributed by atoms with Gasteiger partial charge in [-0.25, -0.2) is 0 Å². The fraction of sp³-hybridized carbons (Fsp3) is 0.235. The van der Waals surface area contributed by atoms with Crippen LogP contribution in [0.3, 0.4) is 0 Å². The van der Waals surface area contributed by atoms with Gasteiger partial charge in [-0.1, -0.05) is 46.3 Å². The summed E-state index contributed by atoms with van der Waals surface area (Å²) in [6, 6.07) is 16.1. The van der Waals surface area contributed by atoms with Gasteiger partial charge < -0.3 is 5.32 Å². The molecular weight excluding hydrogens is 328 g/mol. The molecule has 21 heavy (non-hydrogen) atoms. The van der Waals surface area contributed by atoms with Crippen molar-refractivity contribution < 1.29 is 4.79 Å². The molecule has 4 heteroatoms. The summed E-state index contributed by atoms with van der Waals surface area (Å²) in [5.74, 6) is 0.0267. The number of nitrogens with one attached hydrogen (secondary N) is 2. The van der Waals surface area contributed by atoms with Gasteiger partial charge in [-0.05, 0) is 37.1 Å². The Morgan fingerprint density at radius 2 is 1.90 bits per heavy atom. The van der Waals surface area contributed by atoms with Gasteiger partial charge in [0.25, 0.3) is 0 Å². The SMILES string of the molecule is CC(Cc1ccc(Br)cc1)NC1C(=O)Nc2ccccc21. The van der Waals surface area contributed by atoms with Crippen LogP contribution in [-0.4, -0.2) is 11.9 Å². The number of anilines is 1. The Bertz CT molecular complexity index is 654. The number of hydrogen-bond donors (Lipinski definition) is 2. The second-order valence-corrected chi connectivity index (χ2v) is 6.32. The molecule has 1 amide bonds. The molecule has 0 radical (unpaired) electrons. The molecule has 0 spiro atoms. The van der Waals surface area contributed by atoms with E-state index in [4.69, 9.17) is 0 Å².